The first kappa shape index (κ1) is 48.1. The fourth-order valence-corrected chi connectivity index (χ4v) is 8.69. The SMILES string of the molecule is CNC1CC(=O)N(CCCCCC(=O)N(C)[C@@H](C)C(=O)O[C@H]2CC(=O)N(C)c3cc(cc(OC)c3Cl)C/C(C)=C/C=C/[C@@H](OC)[C@@]3(O)C[C@H](OC(O)N3)[C@@H](C)[C@@H]3O[C@@]23C)C1=O. The third kappa shape index (κ3) is 10.8. The maximum atomic E-state index is 14.3. The number of hydrogen-bond acceptors (Lipinski definition) is 14. The van der Waals surface area contributed by atoms with Crippen LogP contribution in [0.1, 0.15) is 78.2 Å². The van der Waals surface area contributed by atoms with Crippen molar-refractivity contribution in [2.24, 2.45) is 5.92 Å². The first-order chi connectivity index (χ1) is 28.8. The van der Waals surface area contributed by atoms with Crippen LogP contribution in [0.3, 0.4) is 0 Å². The highest BCUT2D eigenvalue weighted by atomic mass is 35.5. The van der Waals surface area contributed by atoms with Crippen LogP contribution in [0.2, 0.25) is 5.02 Å². The Bertz CT molecular complexity index is 1880. The van der Waals surface area contributed by atoms with E-state index in [1.54, 1.807) is 45.3 Å². The third-order valence-electron chi connectivity index (χ3n) is 12.5. The Morgan fingerprint density at radius 3 is 2.52 bits per heavy atom. The molecule has 4 bridgehead atoms. The zero-order chi connectivity index (χ0) is 45.0. The summed E-state index contributed by atoms with van der Waals surface area (Å²) in [7, 11) is 7.64. The number of unbranched alkanes of at least 4 members (excludes halogenated alkanes) is 2. The number of likely N-dealkylation sites (N-methyl/N-ethyl adjacent to an activating group) is 2. The van der Waals surface area contributed by atoms with Crippen molar-refractivity contribution >= 4 is 46.9 Å². The van der Waals surface area contributed by atoms with Crippen LogP contribution in [-0.2, 0) is 49.3 Å². The van der Waals surface area contributed by atoms with E-state index in [-0.39, 0.29) is 55.0 Å². The summed E-state index contributed by atoms with van der Waals surface area (Å²) in [5, 5.41) is 28.4. The number of rotatable bonds is 12. The largest absolute Gasteiger partial charge is 0.495 e. The van der Waals surface area contributed by atoms with Gasteiger partial charge in [0.15, 0.2) is 5.72 Å². The Kier molecular flexibility index (Phi) is 15.8. The highest BCUT2D eigenvalue weighted by molar-refractivity contribution is 6.35. The van der Waals surface area contributed by atoms with E-state index in [0.29, 0.717) is 37.1 Å². The number of fused-ring (bicyclic) bond motifs is 5. The number of amides is 4. The van der Waals surface area contributed by atoms with Crippen molar-refractivity contribution in [2.45, 2.75) is 133 Å². The lowest BCUT2D eigenvalue weighted by Crippen LogP contribution is -2.65. The number of imide groups is 1. The van der Waals surface area contributed by atoms with Gasteiger partial charge in [0.25, 0.3) is 0 Å². The Hall–Kier alpha value is -3.94. The van der Waals surface area contributed by atoms with Gasteiger partial charge in [-0.2, -0.15) is 0 Å². The van der Waals surface area contributed by atoms with Crippen molar-refractivity contribution in [2.75, 3.05) is 46.8 Å². The first-order valence-corrected chi connectivity index (χ1v) is 21.1. The summed E-state index contributed by atoms with van der Waals surface area (Å²) in [4.78, 5) is 70.0. The van der Waals surface area contributed by atoms with Crippen LogP contribution in [0, 0.1) is 5.92 Å². The number of allylic oxidation sites excluding steroid dienone is 3. The molecule has 5 rings (SSSR count). The minimum atomic E-state index is -1.75. The summed E-state index contributed by atoms with van der Waals surface area (Å²) in [5.74, 6) is -2.13. The number of carbonyl (C=O) groups excluding carboxylic acids is 5. The van der Waals surface area contributed by atoms with Gasteiger partial charge in [0.05, 0.1) is 43.9 Å². The standard InChI is InChI=1S/C43H62ClN5O12/c1-24-14-13-15-32(58-9)43(56)23-31(59-41(55)46-43)25(2)38-42(4,61-38)33(22-35(51)48(7)29-19-27(18-24)20-30(57-8)37(29)44)60-40(54)26(3)47(6)34(50)16-11-10-12-17-49-36(52)21-28(45-5)39(49)53/h13-15,19-20,25-26,28,31-33,38,41,45-46,55-56H,10-12,16-18,21-23H2,1-9H3/b15-13+,24-14+/t25-,26+,28?,31+,32-,33+,38+,41?,42+,43+/m1/s1. The summed E-state index contributed by atoms with van der Waals surface area (Å²) < 4.78 is 29.6. The van der Waals surface area contributed by atoms with Gasteiger partial charge in [-0.15, -0.1) is 0 Å². The van der Waals surface area contributed by atoms with E-state index in [1.165, 1.54) is 42.9 Å². The smallest absolute Gasteiger partial charge is 0.328 e. The predicted octanol–water partition coefficient (Wildman–Crippen LogP) is 2.58. The number of aliphatic hydroxyl groups is 2. The van der Waals surface area contributed by atoms with Gasteiger partial charge >= 0.3 is 5.97 Å². The van der Waals surface area contributed by atoms with Gasteiger partial charge in [0, 0.05) is 46.5 Å². The number of carbonyl (C=O) groups is 5. The molecule has 1 aromatic rings. The second kappa shape index (κ2) is 20.1. The molecule has 4 aliphatic heterocycles. The number of esters is 1. The van der Waals surface area contributed by atoms with E-state index in [1.807, 2.05) is 19.9 Å². The van der Waals surface area contributed by atoms with Crippen LogP contribution in [-0.4, -0.2) is 146 Å². The number of epoxide rings is 1. The molecular weight excluding hydrogens is 814 g/mol. The van der Waals surface area contributed by atoms with E-state index in [2.05, 4.69) is 10.6 Å². The highest BCUT2D eigenvalue weighted by Crippen LogP contribution is 2.49. The monoisotopic (exact) mass is 875 g/mol. The van der Waals surface area contributed by atoms with Gasteiger partial charge in [-0.3, -0.25) is 24.1 Å². The van der Waals surface area contributed by atoms with Crippen LogP contribution < -0.4 is 20.3 Å². The van der Waals surface area contributed by atoms with Gasteiger partial charge in [0.2, 0.25) is 30.0 Å². The van der Waals surface area contributed by atoms with Crippen LogP contribution >= 0.6 is 11.6 Å². The van der Waals surface area contributed by atoms with Crippen LogP contribution in [0.15, 0.2) is 35.9 Å². The van der Waals surface area contributed by atoms with Gasteiger partial charge in [-0.25, -0.2) is 10.1 Å². The van der Waals surface area contributed by atoms with Crippen LogP contribution in [0.5, 0.6) is 5.75 Å². The third-order valence-corrected chi connectivity index (χ3v) is 12.9. The molecule has 18 heteroatoms. The second-order valence-corrected chi connectivity index (χ2v) is 17.1. The molecule has 4 aliphatic rings. The lowest BCUT2D eigenvalue weighted by atomic mass is 9.83. The zero-order valence-corrected chi connectivity index (χ0v) is 37.3. The van der Waals surface area contributed by atoms with E-state index < -0.39 is 72.0 Å². The number of methoxy groups -OCH3 is 2. The van der Waals surface area contributed by atoms with Gasteiger partial charge in [-0.1, -0.05) is 48.7 Å². The second-order valence-electron chi connectivity index (χ2n) is 16.7. The number of likely N-dealkylation sites (tertiary alicyclic amines) is 1. The number of benzene rings is 1. The Morgan fingerprint density at radius 1 is 1.15 bits per heavy atom. The number of anilines is 1. The van der Waals surface area contributed by atoms with E-state index in [0.717, 1.165) is 11.1 Å². The Morgan fingerprint density at radius 2 is 1.87 bits per heavy atom. The molecule has 0 radical (unpaired) electrons. The van der Waals surface area contributed by atoms with E-state index >= 15 is 0 Å². The minimum absolute atomic E-state index is 0.0157. The van der Waals surface area contributed by atoms with Crippen molar-refractivity contribution < 1.29 is 57.9 Å². The lowest BCUT2D eigenvalue weighted by molar-refractivity contribution is -0.271. The number of ether oxygens (including phenoxy) is 5. The average Bonchev–Trinajstić information content (AvgIpc) is 3.84. The quantitative estimate of drug-likeness (QED) is 0.103. The molecule has 3 saturated heterocycles. The summed E-state index contributed by atoms with van der Waals surface area (Å²) >= 11 is 6.79. The topological polar surface area (TPSA) is 209 Å². The Labute approximate surface area is 362 Å². The average molecular weight is 876 g/mol. The molecule has 0 saturated carbocycles. The fraction of sp³-hybridized carbons (Fsp3) is 0.651. The van der Waals surface area contributed by atoms with Crippen molar-refractivity contribution in [3.8, 4) is 5.75 Å². The maximum Gasteiger partial charge on any atom is 0.328 e. The summed E-state index contributed by atoms with van der Waals surface area (Å²) in [5.41, 5.74) is -0.884. The van der Waals surface area contributed by atoms with E-state index in [9.17, 15) is 34.2 Å². The predicted molar refractivity (Wildman–Crippen MR) is 224 cm³/mol. The summed E-state index contributed by atoms with van der Waals surface area (Å²) in [6, 6.07) is 2.03. The first-order valence-electron chi connectivity index (χ1n) is 20.8. The van der Waals surface area contributed by atoms with Crippen molar-refractivity contribution in [3.63, 3.8) is 0 Å². The Balaban J connectivity index is 1.36. The molecule has 338 valence electrons. The van der Waals surface area contributed by atoms with Crippen LogP contribution in [0.4, 0.5) is 5.69 Å². The molecule has 3 fully saturated rings. The molecule has 0 aliphatic carbocycles. The zero-order valence-electron chi connectivity index (χ0n) is 36.6. The fourth-order valence-electron chi connectivity index (χ4n) is 8.37. The number of nitrogens with one attached hydrogen (secondary N) is 2. The minimum Gasteiger partial charge on any atom is -0.495 e. The molecule has 1 aromatic carbocycles. The number of aliphatic hydroxyl groups excluding tert-OH is 1. The van der Waals surface area contributed by atoms with E-state index in [4.69, 9.17) is 35.3 Å². The van der Waals surface area contributed by atoms with Gasteiger partial charge in [-0.05, 0) is 64.8 Å². The van der Waals surface area contributed by atoms with Crippen LogP contribution in [0.25, 0.3) is 0 Å². The molecule has 0 aromatic heterocycles. The molecular formula is C43H62ClN5O12. The lowest BCUT2D eigenvalue weighted by Gasteiger charge is -2.44. The molecule has 17 nitrogen and oxygen atoms in total. The molecule has 0 spiro atoms. The van der Waals surface area contributed by atoms with Gasteiger partial charge in [0.1, 0.15) is 34.6 Å². The molecule has 4 N–H and O–H groups in total. The summed E-state index contributed by atoms with van der Waals surface area (Å²) in [6.45, 7) is 7.28. The summed E-state index contributed by atoms with van der Waals surface area (Å²) in [6.07, 6.45) is 2.20. The molecule has 61 heavy (non-hydrogen) atoms. The van der Waals surface area contributed by atoms with Crippen molar-refractivity contribution in [1.29, 1.82) is 0 Å². The highest BCUT2D eigenvalue weighted by Gasteiger charge is 2.64. The molecule has 10 atom stereocenters. The molecule has 4 heterocycles. The maximum absolute atomic E-state index is 14.3. The normalized spacial score (nSPS) is 32.8. The van der Waals surface area contributed by atoms with Crippen molar-refractivity contribution in [1.82, 2.24) is 20.4 Å². The molecule has 2 unspecified atom stereocenters. The van der Waals surface area contributed by atoms with Crippen molar-refractivity contribution in [3.05, 3.63) is 46.5 Å². The number of halogens is 1. The van der Waals surface area contributed by atoms with Gasteiger partial charge < -0.3 is 49.0 Å². The number of nitrogens with zero attached hydrogens (tertiary/aromatic N) is 3. The number of hydrogen-bond donors (Lipinski definition) is 4. The molecule has 4 amide bonds.